The lowest BCUT2D eigenvalue weighted by atomic mass is 10.1. The average Bonchev–Trinajstić information content (AvgIpc) is 3.23. The van der Waals surface area contributed by atoms with Crippen LogP contribution >= 0.6 is 11.6 Å². The highest BCUT2D eigenvalue weighted by atomic mass is 35.5. The summed E-state index contributed by atoms with van der Waals surface area (Å²) in [6.07, 6.45) is 1.58. The number of nitrogens with two attached hydrogens (primary N) is 1. The van der Waals surface area contributed by atoms with Gasteiger partial charge in [-0.15, -0.1) is 0 Å². The molecule has 3 rings (SSSR count). The van der Waals surface area contributed by atoms with Gasteiger partial charge in [-0.25, -0.2) is 5.84 Å². The van der Waals surface area contributed by atoms with Gasteiger partial charge in [0, 0.05) is 23.3 Å². The standard InChI is InChI=1S/C23H25ClN4O4/c1-16(23(30)27-14-22(29)26-15-27)11-21(28(25)19-7-4-6-18(24)13-19)17-5-3-8-20(12-17)32-10-9-31-2/h3-8,11-13H,1,9-10,14-15,25H2,2H3,(H,26,29)/b21-11-. The molecule has 0 saturated carbocycles. The van der Waals surface area contributed by atoms with E-state index in [9.17, 15) is 9.59 Å². The van der Waals surface area contributed by atoms with Gasteiger partial charge < -0.3 is 19.7 Å². The second kappa shape index (κ2) is 10.8. The van der Waals surface area contributed by atoms with Crippen molar-refractivity contribution >= 4 is 34.8 Å². The van der Waals surface area contributed by atoms with Crippen molar-refractivity contribution in [2.24, 2.45) is 5.84 Å². The van der Waals surface area contributed by atoms with Crippen molar-refractivity contribution in [3.05, 3.63) is 77.3 Å². The first-order valence-electron chi connectivity index (χ1n) is 9.88. The Kier molecular flexibility index (Phi) is 7.88. The molecule has 1 saturated heterocycles. The number of halogens is 1. The summed E-state index contributed by atoms with van der Waals surface area (Å²) in [5.41, 5.74) is 2.00. The quantitative estimate of drug-likeness (QED) is 0.198. The fourth-order valence-corrected chi connectivity index (χ4v) is 3.27. The summed E-state index contributed by atoms with van der Waals surface area (Å²) in [5.74, 6) is 6.49. The number of hydrogen-bond donors (Lipinski definition) is 2. The molecule has 32 heavy (non-hydrogen) atoms. The van der Waals surface area contributed by atoms with E-state index < -0.39 is 0 Å². The molecule has 2 amide bonds. The van der Waals surface area contributed by atoms with Crippen LogP contribution in [0, 0.1) is 0 Å². The fraction of sp³-hybridized carbons (Fsp3) is 0.217. The molecule has 1 heterocycles. The normalized spacial score (nSPS) is 13.7. The van der Waals surface area contributed by atoms with Crippen LogP contribution in [0.15, 0.2) is 66.8 Å². The molecule has 0 radical (unpaired) electrons. The third kappa shape index (κ3) is 5.88. The first kappa shape index (κ1) is 23.3. The van der Waals surface area contributed by atoms with Crippen molar-refractivity contribution < 1.29 is 19.1 Å². The Hall–Kier alpha value is -3.33. The number of anilines is 1. The lowest BCUT2D eigenvalue weighted by Crippen LogP contribution is -2.32. The minimum Gasteiger partial charge on any atom is -0.491 e. The van der Waals surface area contributed by atoms with Crippen molar-refractivity contribution in [2.75, 3.05) is 38.5 Å². The zero-order valence-electron chi connectivity index (χ0n) is 17.7. The maximum atomic E-state index is 12.8. The number of carbonyl (C=O) groups is 2. The molecule has 0 aliphatic carbocycles. The first-order valence-corrected chi connectivity index (χ1v) is 10.3. The first-order chi connectivity index (χ1) is 15.4. The Labute approximate surface area is 191 Å². The SMILES string of the molecule is C=C(/C=C(/c1cccc(OCCOC)c1)N(N)c1cccc(Cl)c1)C(=O)N1CNC(=O)C1. The number of rotatable bonds is 9. The molecular formula is C23H25ClN4O4. The Morgan fingerprint density at radius 3 is 2.75 bits per heavy atom. The molecular weight excluding hydrogens is 432 g/mol. The summed E-state index contributed by atoms with van der Waals surface area (Å²) in [6, 6.07) is 14.3. The van der Waals surface area contributed by atoms with E-state index in [0.717, 1.165) is 0 Å². The van der Waals surface area contributed by atoms with E-state index in [0.29, 0.717) is 40.9 Å². The summed E-state index contributed by atoms with van der Waals surface area (Å²) >= 11 is 6.14. The van der Waals surface area contributed by atoms with Gasteiger partial charge in [-0.1, -0.05) is 36.4 Å². The third-order valence-corrected chi connectivity index (χ3v) is 4.94. The van der Waals surface area contributed by atoms with Crippen molar-refractivity contribution in [3.63, 3.8) is 0 Å². The van der Waals surface area contributed by atoms with Crippen molar-refractivity contribution in [2.45, 2.75) is 0 Å². The Morgan fingerprint density at radius 1 is 1.28 bits per heavy atom. The third-order valence-electron chi connectivity index (χ3n) is 4.71. The largest absolute Gasteiger partial charge is 0.491 e. The van der Waals surface area contributed by atoms with Gasteiger partial charge in [0.1, 0.15) is 18.9 Å². The van der Waals surface area contributed by atoms with E-state index >= 15 is 0 Å². The van der Waals surface area contributed by atoms with Crippen molar-refractivity contribution in [3.8, 4) is 5.75 Å². The van der Waals surface area contributed by atoms with E-state index in [-0.39, 0.29) is 30.6 Å². The Bertz CT molecular complexity index is 1040. The minimum atomic E-state index is -0.368. The summed E-state index contributed by atoms with van der Waals surface area (Å²) in [4.78, 5) is 25.6. The molecule has 1 fully saturated rings. The van der Waals surface area contributed by atoms with Crippen LogP contribution < -0.4 is 20.9 Å². The van der Waals surface area contributed by atoms with E-state index in [2.05, 4.69) is 11.9 Å². The van der Waals surface area contributed by atoms with Gasteiger partial charge in [-0.05, 0) is 36.4 Å². The van der Waals surface area contributed by atoms with Crippen LogP contribution in [0.2, 0.25) is 5.02 Å². The number of benzene rings is 2. The number of ether oxygens (including phenoxy) is 2. The predicted molar refractivity (Wildman–Crippen MR) is 124 cm³/mol. The van der Waals surface area contributed by atoms with Crippen LogP contribution in [0.4, 0.5) is 5.69 Å². The van der Waals surface area contributed by atoms with Gasteiger partial charge in [0.15, 0.2) is 0 Å². The lowest BCUT2D eigenvalue weighted by molar-refractivity contribution is -0.127. The van der Waals surface area contributed by atoms with Gasteiger partial charge in [0.2, 0.25) is 5.91 Å². The summed E-state index contributed by atoms with van der Waals surface area (Å²) in [7, 11) is 1.60. The maximum absolute atomic E-state index is 12.8. The summed E-state index contributed by atoms with van der Waals surface area (Å²) in [6.45, 7) is 4.88. The number of nitrogens with zero attached hydrogens (tertiary/aromatic N) is 2. The molecule has 2 aromatic carbocycles. The van der Waals surface area contributed by atoms with Crippen LogP contribution in [0.1, 0.15) is 5.56 Å². The highest BCUT2D eigenvalue weighted by Crippen LogP contribution is 2.28. The number of methoxy groups -OCH3 is 1. The van der Waals surface area contributed by atoms with Crippen LogP contribution in [-0.4, -0.2) is 50.3 Å². The highest BCUT2D eigenvalue weighted by Gasteiger charge is 2.25. The van der Waals surface area contributed by atoms with Gasteiger partial charge in [-0.3, -0.25) is 14.6 Å². The molecule has 0 spiro atoms. The number of hydrazine groups is 1. The van der Waals surface area contributed by atoms with Gasteiger partial charge in [0.05, 0.1) is 24.7 Å². The topological polar surface area (TPSA) is 97.1 Å². The second-order valence-electron chi connectivity index (χ2n) is 7.03. The maximum Gasteiger partial charge on any atom is 0.255 e. The van der Waals surface area contributed by atoms with Crippen LogP contribution in [-0.2, 0) is 14.3 Å². The van der Waals surface area contributed by atoms with E-state index in [1.807, 2.05) is 24.3 Å². The van der Waals surface area contributed by atoms with Crippen molar-refractivity contribution in [1.82, 2.24) is 10.2 Å². The molecule has 3 N–H and O–H groups in total. The van der Waals surface area contributed by atoms with Crippen LogP contribution in [0.3, 0.4) is 0 Å². The summed E-state index contributed by atoms with van der Waals surface area (Å²) < 4.78 is 10.7. The van der Waals surface area contributed by atoms with E-state index in [4.69, 9.17) is 26.9 Å². The molecule has 1 aliphatic heterocycles. The number of carbonyl (C=O) groups excluding carboxylic acids is 2. The monoisotopic (exact) mass is 456 g/mol. The highest BCUT2D eigenvalue weighted by molar-refractivity contribution is 6.30. The smallest absolute Gasteiger partial charge is 0.255 e. The Morgan fingerprint density at radius 2 is 2.06 bits per heavy atom. The average molecular weight is 457 g/mol. The second-order valence-corrected chi connectivity index (χ2v) is 7.47. The molecule has 0 atom stereocenters. The van der Waals surface area contributed by atoms with Gasteiger partial charge in [0.25, 0.3) is 5.91 Å². The van der Waals surface area contributed by atoms with Gasteiger partial charge in [-0.2, -0.15) is 0 Å². The molecule has 9 heteroatoms. The zero-order chi connectivity index (χ0) is 23.1. The van der Waals surface area contributed by atoms with Gasteiger partial charge >= 0.3 is 0 Å². The zero-order valence-corrected chi connectivity index (χ0v) is 18.5. The number of amides is 2. The molecule has 0 aromatic heterocycles. The lowest BCUT2D eigenvalue weighted by Gasteiger charge is -2.24. The Balaban J connectivity index is 1.95. The van der Waals surface area contributed by atoms with Crippen LogP contribution in [0.5, 0.6) is 5.75 Å². The summed E-state index contributed by atoms with van der Waals surface area (Å²) in [5, 5.41) is 4.55. The number of hydrogen-bond acceptors (Lipinski definition) is 6. The van der Waals surface area contributed by atoms with E-state index in [1.165, 1.54) is 9.91 Å². The molecule has 8 nitrogen and oxygen atoms in total. The van der Waals surface area contributed by atoms with Crippen LogP contribution in [0.25, 0.3) is 5.70 Å². The molecule has 1 aliphatic rings. The predicted octanol–water partition coefficient (Wildman–Crippen LogP) is 2.56. The van der Waals surface area contributed by atoms with Crippen molar-refractivity contribution in [1.29, 1.82) is 0 Å². The number of nitrogens with one attached hydrogen (secondary N) is 1. The molecule has 2 aromatic rings. The van der Waals surface area contributed by atoms with E-state index in [1.54, 1.807) is 37.5 Å². The molecule has 168 valence electrons. The molecule has 0 unspecified atom stereocenters. The fourth-order valence-electron chi connectivity index (χ4n) is 3.09. The molecule has 0 bridgehead atoms. The minimum absolute atomic E-state index is 0.00944.